The Morgan fingerprint density at radius 2 is 1.54 bits per heavy atom. The van der Waals surface area contributed by atoms with Gasteiger partial charge in [-0.2, -0.15) is 0 Å². The van der Waals surface area contributed by atoms with Gasteiger partial charge in [-0.05, 0) is 23.3 Å². The van der Waals surface area contributed by atoms with Crippen LogP contribution in [0.15, 0.2) is 72.8 Å². The molecule has 1 heterocycles. The van der Waals surface area contributed by atoms with Crippen molar-refractivity contribution in [3.05, 3.63) is 83.9 Å². The van der Waals surface area contributed by atoms with Gasteiger partial charge in [0.1, 0.15) is 0 Å². The maximum Gasteiger partial charge on any atom is 0.237 e. The van der Waals surface area contributed by atoms with E-state index in [-0.39, 0.29) is 6.42 Å². The molecule has 28 heavy (non-hydrogen) atoms. The fraction of sp³-hybridized carbons (Fsp3) is 0.136. The normalized spacial score (nSPS) is 11.8. The maximum absolute atomic E-state index is 12.0. The second kappa shape index (κ2) is 7.13. The average molecular weight is 392 g/mol. The molecular weight excluding hydrogens is 372 g/mol. The van der Waals surface area contributed by atoms with Crippen molar-refractivity contribution in [3.63, 3.8) is 0 Å². The number of carbonyl (C=O) groups is 1. The summed E-state index contributed by atoms with van der Waals surface area (Å²) >= 11 is 0. The summed E-state index contributed by atoms with van der Waals surface area (Å²) in [6.07, 6.45) is 0.988. The van der Waals surface area contributed by atoms with E-state index in [1.165, 1.54) is 5.56 Å². The first-order chi connectivity index (χ1) is 13.4. The number of rotatable bonds is 5. The molecule has 3 aromatic carbocycles. The molecule has 0 saturated heterocycles. The van der Waals surface area contributed by atoms with Gasteiger partial charge in [-0.15, -0.1) is 0 Å². The van der Waals surface area contributed by atoms with E-state index in [2.05, 4.69) is 28.8 Å². The fourth-order valence-corrected chi connectivity index (χ4v) is 4.06. The van der Waals surface area contributed by atoms with Crippen molar-refractivity contribution in [1.82, 2.24) is 9.29 Å². The van der Waals surface area contributed by atoms with Crippen molar-refractivity contribution in [3.8, 4) is 0 Å². The topological polar surface area (TPSA) is 68.2 Å². The molecule has 0 saturated carbocycles. The lowest BCUT2D eigenvalue weighted by Crippen LogP contribution is -2.30. The molecule has 1 N–H and O–H groups in total. The highest BCUT2D eigenvalue weighted by molar-refractivity contribution is 7.89. The zero-order chi connectivity index (χ0) is 19.7. The largest absolute Gasteiger partial charge is 0.336 e. The van der Waals surface area contributed by atoms with Gasteiger partial charge in [0.25, 0.3) is 0 Å². The Bertz CT molecular complexity index is 1280. The number of nitrogens with zero attached hydrogens (tertiary/aromatic N) is 1. The van der Waals surface area contributed by atoms with E-state index in [1.807, 2.05) is 53.3 Å². The summed E-state index contributed by atoms with van der Waals surface area (Å²) in [6, 6.07) is 24.3. The first-order valence-electron chi connectivity index (χ1n) is 8.95. The number of aromatic nitrogens is 1. The summed E-state index contributed by atoms with van der Waals surface area (Å²) in [7, 11) is -3.56. The van der Waals surface area contributed by atoms with Crippen LogP contribution in [0.1, 0.15) is 11.1 Å². The average Bonchev–Trinajstić information content (AvgIpc) is 2.95. The van der Waals surface area contributed by atoms with Crippen molar-refractivity contribution in [2.24, 2.45) is 0 Å². The van der Waals surface area contributed by atoms with Crippen LogP contribution in [0.25, 0.3) is 21.8 Å². The predicted octanol–water partition coefficient (Wildman–Crippen LogP) is 3.46. The van der Waals surface area contributed by atoms with Crippen LogP contribution < -0.4 is 4.72 Å². The van der Waals surface area contributed by atoms with Gasteiger partial charge in [-0.3, -0.25) is 9.52 Å². The predicted molar refractivity (Wildman–Crippen MR) is 112 cm³/mol. The monoisotopic (exact) mass is 392 g/mol. The minimum atomic E-state index is -3.56. The van der Waals surface area contributed by atoms with Gasteiger partial charge in [0.2, 0.25) is 15.9 Å². The highest BCUT2D eigenvalue weighted by Gasteiger charge is 2.14. The van der Waals surface area contributed by atoms with Crippen molar-refractivity contribution in [2.45, 2.75) is 13.0 Å². The number of hydrogen-bond acceptors (Lipinski definition) is 3. The third kappa shape index (κ3) is 3.77. The molecule has 5 nitrogen and oxygen atoms in total. The number of nitrogens with one attached hydrogen (secondary N) is 1. The van der Waals surface area contributed by atoms with E-state index >= 15 is 0 Å². The molecular formula is C22H20N2O3S. The van der Waals surface area contributed by atoms with Gasteiger partial charge in [0.15, 0.2) is 0 Å². The lowest BCUT2D eigenvalue weighted by atomic mass is 10.1. The first-order valence-corrected chi connectivity index (χ1v) is 10.8. The molecule has 1 amide bonds. The van der Waals surface area contributed by atoms with Crippen molar-refractivity contribution >= 4 is 37.7 Å². The fourth-order valence-electron chi connectivity index (χ4n) is 3.57. The minimum absolute atomic E-state index is 0.00979. The first kappa shape index (κ1) is 18.3. The number of fused-ring (bicyclic) bond motifs is 3. The number of para-hydroxylation sites is 1. The molecule has 0 atom stereocenters. The third-order valence-electron chi connectivity index (χ3n) is 4.69. The quantitative estimate of drug-likeness (QED) is 0.566. The highest BCUT2D eigenvalue weighted by atomic mass is 32.2. The van der Waals surface area contributed by atoms with Crippen LogP contribution in [0.4, 0.5) is 0 Å². The summed E-state index contributed by atoms with van der Waals surface area (Å²) in [4.78, 5) is 12.0. The van der Waals surface area contributed by atoms with E-state index in [0.717, 1.165) is 33.6 Å². The molecule has 4 rings (SSSR count). The van der Waals surface area contributed by atoms with Crippen LogP contribution in [-0.4, -0.2) is 25.1 Å². The Hall–Kier alpha value is -3.12. The van der Waals surface area contributed by atoms with Gasteiger partial charge < -0.3 is 4.57 Å². The summed E-state index contributed by atoms with van der Waals surface area (Å²) in [5, 5.41) is 2.26. The van der Waals surface area contributed by atoms with Crippen LogP contribution in [0.2, 0.25) is 0 Å². The number of sulfonamides is 1. The number of carbonyl (C=O) groups excluding carboxylic acids is 1. The molecule has 142 valence electrons. The van der Waals surface area contributed by atoms with Gasteiger partial charge >= 0.3 is 0 Å². The molecule has 1 aromatic heterocycles. The molecule has 0 unspecified atom stereocenters. The molecule has 4 aromatic rings. The van der Waals surface area contributed by atoms with E-state index in [0.29, 0.717) is 6.54 Å². The summed E-state index contributed by atoms with van der Waals surface area (Å²) in [5.74, 6) is -0.535. The lowest BCUT2D eigenvalue weighted by Gasteiger charge is -2.09. The van der Waals surface area contributed by atoms with E-state index < -0.39 is 15.9 Å². The molecule has 0 fully saturated rings. The second-order valence-electron chi connectivity index (χ2n) is 6.91. The summed E-state index contributed by atoms with van der Waals surface area (Å²) in [5.41, 5.74) is 4.10. The Morgan fingerprint density at radius 1 is 0.857 bits per heavy atom. The Morgan fingerprint density at radius 3 is 2.29 bits per heavy atom. The lowest BCUT2D eigenvalue weighted by molar-refractivity contribution is -0.118. The zero-order valence-corrected chi connectivity index (χ0v) is 16.2. The molecule has 0 aliphatic rings. The van der Waals surface area contributed by atoms with Crippen LogP contribution in [0.3, 0.4) is 0 Å². The molecule has 0 aliphatic carbocycles. The minimum Gasteiger partial charge on any atom is -0.336 e. The van der Waals surface area contributed by atoms with Gasteiger partial charge in [-0.25, -0.2) is 8.42 Å². The Balaban J connectivity index is 1.80. The van der Waals surface area contributed by atoms with Crippen LogP contribution in [-0.2, 0) is 27.8 Å². The summed E-state index contributed by atoms with van der Waals surface area (Å²) in [6.45, 7) is 0.712. The van der Waals surface area contributed by atoms with E-state index in [4.69, 9.17) is 0 Å². The second-order valence-corrected chi connectivity index (χ2v) is 8.66. The number of benzene rings is 3. The van der Waals surface area contributed by atoms with E-state index in [1.54, 1.807) is 0 Å². The maximum atomic E-state index is 12.0. The standard InChI is InChI=1S/C22H20N2O3S/c1-28(26,27)23-22(25)14-17-11-12-19-18-9-5-6-10-20(18)24(21(19)13-17)15-16-7-3-2-4-8-16/h2-13H,14-15H2,1H3,(H,23,25). The van der Waals surface area contributed by atoms with Gasteiger partial charge in [0.05, 0.1) is 12.7 Å². The Labute approximate surface area is 163 Å². The molecule has 0 bridgehead atoms. The van der Waals surface area contributed by atoms with Crippen molar-refractivity contribution < 1.29 is 13.2 Å². The smallest absolute Gasteiger partial charge is 0.237 e. The Kier molecular flexibility index (Phi) is 4.65. The number of hydrogen-bond donors (Lipinski definition) is 1. The zero-order valence-electron chi connectivity index (χ0n) is 15.4. The molecule has 0 radical (unpaired) electrons. The molecule has 6 heteroatoms. The van der Waals surface area contributed by atoms with Gasteiger partial charge in [-0.1, -0.05) is 60.7 Å². The SMILES string of the molecule is CS(=O)(=O)NC(=O)Cc1ccc2c3ccccc3n(Cc3ccccc3)c2c1. The van der Waals surface area contributed by atoms with E-state index in [9.17, 15) is 13.2 Å². The molecule has 0 aliphatic heterocycles. The van der Waals surface area contributed by atoms with Crippen molar-refractivity contribution in [2.75, 3.05) is 6.26 Å². The third-order valence-corrected chi connectivity index (χ3v) is 5.28. The van der Waals surface area contributed by atoms with Crippen LogP contribution in [0, 0.1) is 0 Å². The highest BCUT2D eigenvalue weighted by Crippen LogP contribution is 2.30. The van der Waals surface area contributed by atoms with Crippen LogP contribution in [0.5, 0.6) is 0 Å². The molecule has 0 spiro atoms. The van der Waals surface area contributed by atoms with Gasteiger partial charge in [0, 0.05) is 28.4 Å². The van der Waals surface area contributed by atoms with Crippen LogP contribution >= 0.6 is 0 Å². The van der Waals surface area contributed by atoms with Crippen molar-refractivity contribution in [1.29, 1.82) is 0 Å². The summed E-state index contributed by atoms with van der Waals surface area (Å²) < 4.78 is 26.8. The number of amides is 1.